The Morgan fingerprint density at radius 1 is 1.27 bits per heavy atom. The van der Waals surface area contributed by atoms with Crippen LogP contribution in [0.5, 0.6) is 0 Å². The lowest BCUT2D eigenvalue weighted by Gasteiger charge is -2.21. The van der Waals surface area contributed by atoms with Gasteiger partial charge in [0.25, 0.3) is 5.56 Å². The average Bonchev–Trinajstić information content (AvgIpc) is 3.28. The smallest absolute Gasteiger partial charge is 0.262 e. The Kier molecular flexibility index (Phi) is 7.83. The number of amides is 1. The van der Waals surface area contributed by atoms with Gasteiger partial charge in [-0.15, -0.1) is 0 Å². The molecule has 2 heterocycles. The maximum Gasteiger partial charge on any atom is 0.262 e. The fourth-order valence-electron chi connectivity index (χ4n) is 3.36. The first-order chi connectivity index (χ1) is 14.6. The molecule has 0 radical (unpaired) electrons. The SMILES string of the molecule is N#CCCN(CCC#N)C(=O)CSc1nc2ccccc2c(=O)n1CC1CCCO1. The van der Waals surface area contributed by atoms with Gasteiger partial charge < -0.3 is 9.64 Å². The molecule has 1 atom stereocenters. The van der Waals surface area contributed by atoms with Crippen molar-refractivity contribution in [3.8, 4) is 12.1 Å². The summed E-state index contributed by atoms with van der Waals surface area (Å²) in [7, 11) is 0. The average molecular weight is 426 g/mol. The van der Waals surface area contributed by atoms with E-state index in [0.29, 0.717) is 29.2 Å². The minimum absolute atomic E-state index is 0.0385. The molecule has 0 N–H and O–H groups in total. The molecule has 0 aliphatic carbocycles. The van der Waals surface area contributed by atoms with E-state index in [1.165, 1.54) is 16.7 Å². The van der Waals surface area contributed by atoms with E-state index in [0.717, 1.165) is 12.8 Å². The second-order valence-corrected chi connectivity index (χ2v) is 7.89. The third-order valence-corrected chi connectivity index (χ3v) is 5.86. The van der Waals surface area contributed by atoms with Gasteiger partial charge in [0.15, 0.2) is 5.16 Å². The number of hydrogen-bond acceptors (Lipinski definition) is 7. The minimum Gasteiger partial charge on any atom is -0.376 e. The Hall–Kier alpha value is -2.88. The second kappa shape index (κ2) is 10.8. The highest BCUT2D eigenvalue weighted by molar-refractivity contribution is 7.99. The predicted molar refractivity (Wildman–Crippen MR) is 113 cm³/mol. The van der Waals surface area contributed by atoms with Crippen molar-refractivity contribution in [3.05, 3.63) is 34.6 Å². The van der Waals surface area contributed by atoms with Gasteiger partial charge in [-0.1, -0.05) is 23.9 Å². The number of fused-ring (bicyclic) bond motifs is 1. The summed E-state index contributed by atoms with van der Waals surface area (Å²) in [5.74, 6) is -0.107. The number of carbonyl (C=O) groups excluding carboxylic acids is 1. The monoisotopic (exact) mass is 425 g/mol. The number of nitriles is 2. The number of carbonyl (C=O) groups is 1. The zero-order valence-electron chi connectivity index (χ0n) is 16.6. The summed E-state index contributed by atoms with van der Waals surface area (Å²) in [5.41, 5.74) is 0.448. The van der Waals surface area contributed by atoms with Gasteiger partial charge in [0.2, 0.25) is 5.91 Å². The van der Waals surface area contributed by atoms with Crippen LogP contribution in [0.25, 0.3) is 10.9 Å². The summed E-state index contributed by atoms with van der Waals surface area (Å²) in [4.78, 5) is 31.9. The maximum absolute atomic E-state index is 13.1. The highest BCUT2D eigenvalue weighted by Gasteiger charge is 2.21. The van der Waals surface area contributed by atoms with Crippen molar-refractivity contribution in [3.63, 3.8) is 0 Å². The fraction of sp³-hybridized carbons (Fsp3) is 0.476. The Labute approximate surface area is 179 Å². The van der Waals surface area contributed by atoms with Gasteiger partial charge in [0.05, 0.1) is 54.3 Å². The van der Waals surface area contributed by atoms with Crippen LogP contribution in [0.1, 0.15) is 25.7 Å². The van der Waals surface area contributed by atoms with Crippen LogP contribution in [0.15, 0.2) is 34.2 Å². The van der Waals surface area contributed by atoms with Crippen LogP contribution < -0.4 is 5.56 Å². The number of aromatic nitrogens is 2. The van der Waals surface area contributed by atoms with E-state index in [9.17, 15) is 9.59 Å². The van der Waals surface area contributed by atoms with Crippen LogP contribution in [-0.2, 0) is 16.1 Å². The first kappa shape index (κ1) is 21.8. The van der Waals surface area contributed by atoms with Crippen molar-refractivity contribution in [2.45, 2.75) is 43.5 Å². The van der Waals surface area contributed by atoms with Crippen molar-refractivity contribution >= 4 is 28.6 Å². The normalized spacial score (nSPS) is 15.6. The number of rotatable bonds is 9. The molecule has 1 saturated heterocycles. The van der Waals surface area contributed by atoms with E-state index in [1.807, 2.05) is 18.2 Å². The molecule has 30 heavy (non-hydrogen) atoms. The Balaban J connectivity index is 1.82. The molecule has 3 rings (SSSR count). The van der Waals surface area contributed by atoms with Gasteiger partial charge in [-0.25, -0.2) is 4.98 Å². The van der Waals surface area contributed by atoms with E-state index in [-0.39, 0.29) is 49.3 Å². The molecule has 156 valence electrons. The summed E-state index contributed by atoms with van der Waals surface area (Å²) in [6, 6.07) is 11.2. The highest BCUT2D eigenvalue weighted by atomic mass is 32.2. The Bertz CT molecular complexity index is 1020. The molecule has 1 fully saturated rings. The zero-order valence-corrected chi connectivity index (χ0v) is 17.4. The van der Waals surface area contributed by atoms with Gasteiger partial charge in [0, 0.05) is 19.7 Å². The van der Waals surface area contributed by atoms with Crippen LogP contribution in [0.4, 0.5) is 0 Å². The number of thioether (sulfide) groups is 1. The quantitative estimate of drug-likeness (QED) is 0.448. The van der Waals surface area contributed by atoms with E-state index < -0.39 is 0 Å². The molecule has 1 aliphatic rings. The molecule has 0 saturated carbocycles. The van der Waals surface area contributed by atoms with Gasteiger partial charge in [-0.3, -0.25) is 14.2 Å². The number of nitrogens with zero attached hydrogens (tertiary/aromatic N) is 5. The van der Waals surface area contributed by atoms with E-state index in [1.54, 1.807) is 22.8 Å². The molecule has 8 nitrogen and oxygen atoms in total. The number of ether oxygens (including phenoxy) is 1. The molecule has 0 spiro atoms. The van der Waals surface area contributed by atoms with E-state index >= 15 is 0 Å². The van der Waals surface area contributed by atoms with Crippen molar-refractivity contribution in [1.29, 1.82) is 10.5 Å². The number of para-hydroxylation sites is 1. The van der Waals surface area contributed by atoms with Gasteiger partial charge >= 0.3 is 0 Å². The topological polar surface area (TPSA) is 112 Å². The number of benzene rings is 1. The molecule has 1 unspecified atom stereocenters. The maximum atomic E-state index is 13.1. The van der Waals surface area contributed by atoms with Crippen LogP contribution >= 0.6 is 11.8 Å². The molecule has 1 aromatic heterocycles. The van der Waals surface area contributed by atoms with Crippen molar-refractivity contribution in [2.75, 3.05) is 25.4 Å². The van der Waals surface area contributed by atoms with Crippen molar-refractivity contribution in [1.82, 2.24) is 14.5 Å². The standard InChI is InChI=1S/C21H23N5O3S/c22-9-4-11-25(12-5-10-23)19(27)15-30-21-24-18-8-2-1-7-17(18)20(28)26(21)14-16-6-3-13-29-16/h1-2,7-8,16H,3-6,11-15H2. The second-order valence-electron chi connectivity index (χ2n) is 6.95. The first-order valence-electron chi connectivity index (χ1n) is 9.89. The lowest BCUT2D eigenvalue weighted by atomic mass is 10.2. The third kappa shape index (κ3) is 5.38. The Morgan fingerprint density at radius 3 is 2.67 bits per heavy atom. The van der Waals surface area contributed by atoms with Crippen LogP contribution in [0.2, 0.25) is 0 Å². The molecule has 1 aromatic carbocycles. The molecule has 2 aromatic rings. The van der Waals surface area contributed by atoms with Gasteiger partial charge in [-0.05, 0) is 25.0 Å². The van der Waals surface area contributed by atoms with Gasteiger partial charge in [0.1, 0.15) is 0 Å². The minimum atomic E-state index is -0.184. The summed E-state index contributed by atoms with van der Waals surface area (Å²) >= 11 is 1.20. The lowest BCUT2D eigenvalue weighted by molar-refractivity contribution is -0.128. The van der Waals surface area contributed by atoms with E-state index in [4.69, 9.17) is 15.3 Å². The van der Waals surface area contributed by atoms with Crippen LogP contribution in [0, 0.1) is 22.7 Å². The van der Waals surface area contributed by atoms with E-state index in [2.05, 4.69) is 4.98 Å². The van der Waals surface area contributed by atoms with Crippen molar-refractivity contribution in [2.24, 2.45) is 0 Å². The molecule has 1 aliphatic heterocycles. The molecule has 0 bridgehead atoms. The largest absolute Gasteiger partial charge is 0.376 e. The van der Waals surface area contributed by atoms with Crippen molar-refractivity contribution < 1.29 is 9.53 Å². The summed E-state index contributed by atoms with van der Waals surface area (Å²) in [6.07, 6.45) is 2.23. The molecular formula is C21H23N5O3S. The third-order valence-electron chi connectivity index (χ3n) is 4.90. The highest BCUT2D eigenvalue weighted by Crippen LogP contribution is 2.21. The molecule has 1 amide bonds. The predicted octanol–water partition coefficient (Wildman–Crippen LogP) is 2.32. The van der Waals surface area contributed by atoms with Crippen LogP contribution in [0.3, 0.4) is 0 Å². The Morgan fingerprint density at radius 2 is 2.00 bits per heavy atom. The molecule has 9 heteroatoms. The fourth-order valence-corrected chi connectivity index (χ4v) is 4.27. The molecular weight excluding hydrogens is 402 g/mol. The lowest BCUT2D eigenvalue weighted by Crippen LogP contribution is -2.34. The summed E-state index contributed by atoms with van der Waals surface area (Å²) in [5, 5.41) is 18.6. The number of hydrogen-bond donors (Lipinski definition) is 0. The first-order valence-corrected chi connectivity index (χ1v) is 10.9. The van der Waals surface area contributed by atoms with Crippen LogP contribution in [-0.4, -0.2) is 51.9 Å². The summed E-state index contributed by atoms with van der Waals surface area (Å²) < 4.78 is 7.30. The van der Waals surface area contributed by atoms with Gasteiger partial charge in [-0.2, -0.15) is 10.5 Å². The summed E-state index contributed by atoms with van der Waals surface area (Å²) in [6.45, 7) is 1.66. The zero-order chi connectivity index (χ0) is 21.3.